The van der Waals surface area contributed by atoms with E-state index in [0.29, 0.717) is 13.2 Å². The Balaban J connectivity index is 3.74. The Bertz CT molecular complexity index is 208. The van der Waals surface area contributed by atoms with Crippen molar-refractivity contribution in [2.45, 2.75) is 32.8 Å². The molecule has 0 aromatic heterocycles. The number of hydrogen-bond donors (Lipinski definition) is 0. The van der Waals surface area contributed by atoms with Gasteiger partial charge in [0.2, 0.25) is 0 Å². The molecular weight excluding hydrogens is 194 g/mol. The zero-order valence-electron chi connectivity index (χ0n) is 10.1. The summed E-state index contributed by atoms with van der Waals surface area (Å²) in [5.41, 5.74) is -0.442. The normalized spacial score (nSPS) is 10.7. The molecule has 1 amide bonds. The lowest BCUT2D eigenvalue weighted by Crippen LogP contribution is -2.35. The molecule has 0 aromatic carbocycles. The van der Waals surface area contributed by atoms with Crippen LogP contribution in [0.2, 0.25) is 0 Å². The van der Waals surface area contributed by atoms with Gasteiger partial charge in [-0.3, -0.25) is 0 Å². The molecule has 0 saturated carbocycles. The van der Waals surface area contributed by atoms with Crippen molar-refractivity contribution < 1.29 is 14.3 Å². The molecule has 0 atom stereocenters. The third kappa shape index (κ3) is 7.85. The molecule has 0 heterocycles. The molecule has 0 rings (SSSR count). The smallest absolute Gasteiger partial charge is 0.410 e. The second-order valence-corrected chi connectivity index (χ2v) is 4.29. The third-order valence-corrected chi connectivity index (χ3v) is 1.58. The van der Waals surface area contributed by atoms with Crippen LogP contribution in [-0.4, -0.2) is 36.8 Å². The number of nitrogens with zero attached hydrogens (tertiary/aromatic N) is 1. The Kier molecular flexibility index (Phi) is 5.82. The molecule has 0 radical (unpaired) electrons. The fourth-order valence-electron chi connectivity index (χ4n) is 0.900. The Hall–Kier alpha value is -1.19. The molecule has 4 heteroatoms. The lowest BCUT2D eigenvalue weighted by atomic mass is 10.2. The summed E-state index contributed by atoms with van der Waals surface area (Å²) >= 11 is 0. The zero-order valence-corrected chi connectivity index (χ0v) is 10.1. The highest BCUT2D eigenvalue weighted by atomic mass is 16.6. The monoisotopic (exact) mass is 215 g/mol. The predicted molar refractivity (Wildman–Crippen MR) is 59.6 cm³/mol. The second kappa shape index (κ2) is 6.32. The van der Waals surface area contributed by atoms with Crippen molar-refractivity contribution in [3.8, 4) is 0 Å². The van der Waals surface area contributed by atoms with Crippen LogP contribution in [0, 0.1) is 0 Å². The summed E-state index contributed by atoms with van der Waals surface area (Å²) in [4.78, 5) is 13.0. The minimum atomic E-state index is -0.442. The van der Waals surface area contributed by atoms with Crippen LogP contribution in [0.5, 0.6) is 0 Å². The highest BCUT2D eigenvalue weighted by Crippen LogP contribution is 2.09. The molecule has 0 N–H and O–H groups in total. The van der Waals surface area contributed by atoms with Crippen molar-refractivity contribution in [1.82, 2.24) is 4.90 Å². The van der Waals surface area contributed by atoms with Gasteiger partial charge in [0.1, 0.15) is 5.60 Å². The van der Waals surface area contributed by atoms with E-state index in [4.69, 9.17) is 9.47 Å². The molecule has 0 aliphatic rings. The van der Waals surface area contributed by atoms with E-state index in [2.05, 4.69) is 6.58 Å². The lowest BCUT2D eigenvalue weighted by Gasteiger charge is -2.24. The average Bonchev–Trinajstić information content (AvgIpc) is 2.09. The highest BCUT2D eigenvalue weighted by Gasteiger charge is 2.18. The van der Waals surface area contributed by atoms with Crippen LogP contribution in [0.25, 0.3) is 0 Å². The molecule has 0 aliphatic carbocycles. The van der Waals surface area contributed by atoms with Crippen LogP contribution < -0.4 is 0 Å². The summed E-state index contributed by atoms with van der Waals surface area (Å²) in [5.74, 6) is 0. The molecule has 88 valence electrons. The van der Waals surface area contributed by atoms with Crippen LogP contribution in [0.1, 0.15) is 27.2 Å². The summed E-state index contributed by atoms with van der Waals surface area (Å²) in [6.45, 7) is 10.2. The van der Waals surface area contributed by atoms with Crippen LogP contribution in [0.4, 0.5) is 4.79 Å². The maximum absolute atomic E-state index is 11.5. The SMILES string of the molecule is C=COCCCN(C)C(=O)OC(C)(C)C. The molecule has 0 aromatic rings. The standard InChI is InChI=1S/C11H21NO3/c1-6-14-9-7-8-12(5)10(13)15-11(2,3)4/h6H,1,7-9H2,2-5H3. The molecule has 0 spiro atoms. The van der Waals surface area contributed by atoms with Gasteiger partial charge in [0.15, 0.2) is 0 Å². The summed E-state index contributed by atoms with van der Waals surface area (Å²) in [6, 6.07) is 0. The second-order valence-electron chi connectivity index (χ2n) is 4.29. The van der Waals surface area contributed by atoms with E-state index in [1.807, 2.05) is 20.8 Å². The molecule has 15 heavy (non-hydrogen) atoms. The maximum atomic E-state index is 11.5. The fraction of sp³-hybridized carbons (Fsp3) is 0.727. The van der Waals surface area contributed by atoms with E-state index in [-0.39, 0.29) is 6.09 Å². The van der Waals surface area contributed by atoms with E-state index in [1.165, 1.54) is 11.2 Å². The van der Waals surface area contributed by atoms with Gasteiger partial charge in [-0.1, -0.05) is 6.58 Å². The van der Waals surface area contributed by atoms with Gasteiger partial charge in [-0.05, 0) is 27.2 Å². The Morgan fingerprint density at radius 3 is 2.53 bits per heavy atom. The average molecular weight is 215 g/mol. The van der Waals surface area contributed by atoms with Crippen molar-refractivity contribution in [3.05, 3.63) is 12.8 Å². The first-order valence-electron chi connectivity index (χ1n) is 5.03. The topological polar surface area (TPSA) is 38.8 Å². The Labute approximate surface area is 91.8 Å². The van der Waals surface area contributed by atoms with E-state index in [9.17, 15) is 4.79 Å². The van der Waals surface area contributed by atoms with Gasteiger partial charge >= 0.3 is 6.09 Å². The fourth-order valence-corrected chi connectivity index (χ4v) is 0.900. The highest BCUT2D eigenvalue weighted by molar-refractivity contribution is 5.67. The molecule has 0 unspecified atom stereocenters. The van der Waals surface area contributed by atoms with Crippen molar-refractivity contribution in [2.24, 2.45) is 0 Å². The Morgan fingerprint density at radius 2 is 2.07 bits per heavy atom. The van der Waals surface area contributed by atoms with Crippen molar-refractivity contribution >= 4 is 6.09 Å². The lowest BCUT2D eigenvalue weighted by molar-refractivity contribution is 0.0289. The number of rotatable bonds is 5. The van der Waals surface area contributed by atoms with E-state index < -0.39 is 5.60 Å². The van der Waals surface area contributed by atoms with Crippen LogP contribution in [0.3, 0.4) is 0 Å². The largest absolute Gasteiger partial charge is 0.502 e. The number of amides is 1. The molecule has 0 bridgehead atoms. The minimum absolute atomic E-state index is 0.305. The molecule has 4 nitrogen and oxygen atoms in total. The summed E-state index contributed by atoms with van der Waals surface area (Å²) in [7, 11) is 1.71. The number of carbonyl (C=O) groups is 1. The van der Waals surface area contributed by atoms with Crippen LogP contribution in [-0.2, 0) is 9.47 Å². The van der Waals surface area contributed by atoms with Gasteiger partial charge in [0.25, 0.3) is 0 Å². The van der Waals surface area contributed by atoms with Crippen LogP contribution >= 0.6 is 0 Å². The number of ether oxygens (including phenoxy) is 2. The van der Waals surface area contributed by atoms with Gasteiger partial charge in [0.05, 0.1) is 12.9 Å². The maximum Gasteiger partial charge on any atom is 0.410 e. The third-order valence-electron chi connectivity index (χ3n) is 1.58. The van der Waals surface area contributed by atoms with E-state index in [1.54, 1.807) is 7.05 Å². The van der Waals surface area contributed by atoms with Crippen molar-refractivity contribution in [3.63, 3.8) is 0 Å². The first kappa shape index (κ1) is 13.8. The predicted octanol–water partition coefficient (Wildman–Crippen LogP) is 2.40. The molecule has 0 fully saturated rings. The number of hydrogen-bond acceptors (Lipinski definition) is 3. The summed E-state index contributed by atoms with van der Waals surface area (Å²) in [5, 5.41) is 0. The summed E-state index contributed by atoms with van der Waals surface area (Å²) in [6.07, 6.45) is 1.86. The molecular formula is C11H21NO3. The van der Waals surface area contributed by atoms with Gasteiger partial charge in [-0.15, -0.1) is 0 Å². The van der Waals surface area contributed by atoms with Crippen LogP contribution in [0.15, 0.2) is 12.8 Å². The van der Waals surface area contributed by atoms with E-state index >= 15 is 0 Å². The quantitative estimate of drug-likeness (QED) is 0.522. The minimum Gasteiger partial charge on any atom is -0.502 e. The van der Waals surface area contributed by atoms with Gasteiger partial charge < -0.3 is 14.4 Å². The molecule has 0 aliphatic heterocycles. The van der Waals surface area contributed by atoms with E-state index in [0.717, 1.165) is 6.42 Å². The van der Waals surface area contributed by atoms with Gasteiger partial charge in [0, 0.05) is 13.6 Å². The number of carbonyl (C=O) groups excluding carboxylic acids is 1. The zero-order chi connectivity index (χ0) is 11.9. The van der Waals surface area contributed by atoms with Gasteiger partial charge in [-0.25, -0.2) is 4.79 Å². The first-order chi connectivity index (χ1) is 6.87. The van der Waals surface area contributed by atoms with Crippen molar-refractivity contribution in [2.75, 3.05) is 20.2 Å². The van der Waals surface area contributed by atoms with Gasteiger partial charge in [-0.2, -0.15) is 0 Å². The molecule has 0 saturated heterocycles. The Morgan fingerprint density at radius 1 is 1.47 bits per heavy atom. The van der Waals surface area contributed by atoms with Crippen molar-refractivity contribution in [1.29, 1.82) is 0 Å². The summed E-state index contributed by atoms with van der Waals surface area (Å²) < 4.78 is 10.1. The first-order valence-corrected chi connectivity index (χ1v) is 5.03.